The zero-order valence-electron chi connectivity index (χ0n) is 10.9. The number of aryl methyl sites for hydroxylation is 1. The van der Waals surface area contributed by atoms with Crippen LogP contribution in [0.4, 0.5) is 5.95 Å². The molecule has 0 atom stereocenters. The Morgan fingerprint density at radius 2 is 2.06 bits per heavy atom. The van der Waals surface area contributed by atoms with Gasteiger partial charge in [0.15, 0.2) is 5.82 Å². The highest BCUT2D eigenvalue weighted by atomic mass is 16.3. The molecule has 18 heavy (non-hydrogen) atoms. The molecule has 0 saturated carbocycles. The number of nitrogens with zero attached hydrogens (tertiary/aromatic N) is 3. The Labute approximate surface area is 106 Å². The van der Waals surface area contributed by atoms with Crippen molar-refractivity contribution in [3.8, 4) is 17.1 Å². The van der Waals surface area contributed by atoms with E-state index in [9.17, 15) is 5.11 Å². The van der Waals surface area contributed by atoms with Crippen molar-refractivity contribution >= 4 is 5.95 Å². The molecule has 0 bridgehead atoms. The van der Waals surface area contributed by atoms with Crippen LogP contribution in [-0.2, 0) is 6.54 Å². The van der Waals surface area contributed by atoms with Crippen LogP contribution in [0.5, 0.6) is 5.75 Å². The summed E-state index contributed by atoms with van der Waals surface area (Å²) in [7, 11) is 0. The molecule has 0 aliphatic rings. The SMILES string of the molecule is CCNc1nnc(-c2cc(C)ccc2O)n1CC. The fourth-order valence-electron chi connectivity index (χ4n) is 1.92. The maximum Gasteiger partial charge on any atom is 0.224 e. The Morgan fingerprint density at radius 3 is 2.72 bits per heavy atom. The molecule has 0 spiro atoms. The Bertz CT molecular complexity index is 548. The van der Waals surface area contributed by atoms with Crippen molar-refractivity contribution in [2.75, 3.05) is 11.9 Å². The van der Waals surface area contributed by atoms with E-state index in [0.717, 1.165) is 24.6 Å². The largest absolute Gasteiger partial charge is 0.507 e. The normalized spacial score (nSPS) is 10.6. The van der Waals surface area contributed by atoms with Crippen LogP contribution < -0.4 is 5.32 Å². The van der Waals surface area contributed by atoms with Gasteiger partial charge in [-0.25, -0.2) is 0 Å². The molecule has 0 aliphatic heterocycles. The first-order valence-corrected chi connectivity index (χ1v) is 6.14. The number of hydrogen-bond donors (Lipinski definition) is 2. The second-order valence-corrected chi connectivity index (χ2v) is 4.14. The standard InChI is InChI=1S/C13H18N4O/c1-4-14-13-16-15-12(17(13)5-2)10-8-9(3)6-7-11(10)18/h6-8,18H,4-5H2,1-3H3,(H,14,16). The number of aromatic nitrogens is 3. The summed E-state index contributed by atoms with van der Waals surface area (Å²) >= 11 is 0. The van der Waals surface area contributed by atoms with E-state index in [4.69, 9.17) is 0 Å². The molecule has 1 heterocycles. The first-order chi connectivity index (χ1) is 8.67. The van der Waals surface area contributed by atoms with Crippen LogP contribution in [0.1, 0.15) is 19.4 Å². The zero-order valence-corrected chi connectivity index (χ0v) is 10.9. The van der Waals surface area contributed by atoms with Crippen molar-refractivity contribution in [3.05, 3.63) is 23.8 Å². The van der Waals surface area contributed by atoms with Gasteiger partial charge < -0.3 is 10.4 Å². The minimum atomic E-state index is 0.228. The molecule has 0 aliphatic carbocycles. The molecule has 0 saturated heterocycles. The second kappa shape index (κ2) is 5.08. The summed E-state index contributed by atoms with van der Waals surface area (Å²) in [5.74, 6) is 1.65. The summed E-state index contributed by atoms with van der Waals surface area (Å²) < 4.78 is 1.96. The third kappa shape index (κ3) is 2.16. The van der Waals surface area contributed by atoms with Gasteiger partial charge in [0, 0.05) is 13.1 Å². The van der Waals surface area contributed by atoms with Gasteiger partial charge in [-0.3, -0.25) is 4.57 Å². The van der Waals surface area contributed by atoms with Crippen LogP contribution in [-0.4, -0.2) is 26.4 Å². The van der Waals surface area contributed by atoms with Gasteiger partial charge in [-0.2, -0.15) is 0 Å². The average molecular weight is 246 g/mol. The van der Waals surface area contributed by atoms with Gasteiger partial charge in [0.05, 0.1) is 5.56 Å². The molecule has 1 aromatic heterocycles. The van der Waals surface area contributed by atoms with Crippen LogP contribution >= 0.6 is 0 Å². The zero-order chi connectivity index (χ0) is 13.1. The number of phenols is 1. The smallest absolute Gasteiger partial charge is 0.224 e. The lowest BCUT2D eigenvalue weighted by atomic mass is 10.1. The number of hydrogen-bond acceptors (Lipinski definition) is 4. The third-order valence-corrected chi connectivity index (χ3v) is 2.79. The molecule has 2 aromatic rings. The van der Waals surface area contributed by atoms with E-state index in [0.29, 0.717) is 11.4 Å². The van der Waals surface area contributed by atoms with Crippen LogP contribution in [0.15, 0.2) is 18.2 Å². The maximum absolute atomic E-state index is 9.95. The van der Waals surface area contributed by atoms with Crippen molar-refractivity contribution in [3.63, 3.8) is 0 Å². The van der Waals surface area contributed by atoms with Crippen molar-refractivity contribution < 1.29 is 5.11 Å². The van der Waals surface area contributed by atoms with E-state index in [1.54, 1.807) is 6.07 Å². The van der Waals surface area contributed by atoms with Gasteiger partial charge >= 0.3 is 0 Å². The molecule has 0 radical (unpaired) electrons. The molecule has 1 aromatic carbocycles. The molecule has 0 unspecified atom stereocenters. The molecule has 2 rings (SSSR count). The predicted molar refractivity (Wildman–Crippen MR) is 71.7 cm³/mol. The number of aromatic hydroxyl groups is 1. The van der Waals surface area contributed by atoms with Crippen molar-refractivity contribution in [2.45, 2.75) is 27.3 Å². The quantitative estimate of drug-likeness (QED) is 0.869. The van der Waals surface area contributed by atoms with Crippen LogP contribution in [0.25, 0.3) is 11.4 Å². The van der Waals surface area contributed by atoms with Crippen molar-refractivity contribution in [1.82, 2.24) is 14.8 Å². The van der Waals surface area contributed by atoms with E-state index in [2.05, 4.69) is 15.5 Å². The number of phenolic OH excluding ortho intramolecular Hbond substituents is 1. The molecule has 96 valence electrons. The summed E-state index contributed by atoms with van der Waals surface area (Å²) in [4.78, 5) is 0. The van der Waals surface area contributed by atoms with E-state index in [1.807, 2.05) is 37.5 Å². The first-order valence-electron chi connectivity index (χ1n) is 6.14. The van der Waals surface area contributed by atoms with Gasteiger partial charge in [0.2, 0.25) is 5.95 Å². The lowest BCUT2D eigenvalue weighted by molar-refractivity contribution is 0.476. The highest BCUT2D eigenvalue weighted by Gasteiger charge is 2.15. The molecule has 0 fully saturated rings. The minimum absolute atomic E-state index is 0.228. The number of rotatable bonds is 4. The topological polar surface area (TPSA) is 63.0 Å². The molecule has 5 heteroatoms. The Balaban J connectivity index is 2.53. The first kappa shape index (κ1) is 12.4. The number of nitrogens with one attached hydrogen (secondary N) is 1. The minimum Gasteiger partial charge on any atom is -0.507 e. The van der Waals surface area contributed by atoms with E-state index < -0.39 is 0 Å². The number of anilines is 1. The van der Waals surface area contributed by atoms with Gasteiger partial charge in [-0.1, -0.05) is 11.6 Å². The van der Waals surface area contributed by atoms with E-state index in [1.165, 1.54) is 0 Å². The maximum atomic E-state index is 9.95. The van der Waals surface area contributed by atoms with E-state index >= 15 is 0 Å². The third-order valence-electron chi connectivity index (χ3n) is 2.79. The molecule has 2 N–H and O–H groups in total. The summed E-state index contributed by atoms with van der Waals surface area (Å²) in [6.07, 6.45) is 0. The summed E-state index contributed by atoms with van der Waals surface area (Å²) in [5, 5.41) is 21.4. The fraction of sp³-hybridized carbons (Fsp3) is 0.385. The highest BCUT2D eigenvalue weighted by molar-refractivity contribution is 5.66. The van der Waals surface area contributed by atoms with Crippen LogP contribution in [0.2, 0.25) is 0 Å². The van der Waals surface area contributed by atoms with Gasteiger partial charge in [-0.15, -0.1) is 10.2 Å². The summed E-state index contributed by atoms with van der Waals surface area (Å²) in [6.45, 7) is 7.57. The fourth-order valence-corrected chi connectivity index (χ4v) is 1.92. The Hall–Kier alpha value is -2.04. The van der Waals surface area contributed by atoms with Gasteiger partial charge in [-0.05, 0) is 32.9 Å². The Kier molecular flexibility index (Phi) is 3.50. The summed E-state index contributed by atoms with van der Waals surface area (Å²) in [6, 6.07) is 5.48. The van der Waals surface area contributed by atoms with Crippen LogP contribution in [0.3, 0.4) is 0 Å². The molecular weight excluding hydrogens is 228 g/mol. The van der Waals surface area contributed by atoms with Crippen molar-refractivity contribution in [2.24, 2.45) is 0 Å². The Morgan fingerprint density at radius 1 is 1.28 bits per heavy atom. The van der Waals surface area contributed by atoms with Gasteiger partial charge in [0.1, 0.15) is 5.75 Å². The van der Waals surface area contributed by atoms with Crippen molar-refractivity contribution in [1.29, 1.82) is 0 Å². The molecular formula is C13H18N4O. The monoisotopic (exact) mass is 246 g/mol. The lowest BCUT2D eigenvalue weighted by Crippen LogP contribution is -2.06. The second-order valence-electron chi connectivity index (χ2n) is 4.14. The highest BCUT2D eigenvalue weighted by Crippen LogP contribution is 2.29. The predicted octanol–water partition coefficient (Wildman–Crippen LogP) is 2.41. The average Bonchev–Trinajstić information content (AvgIpc) is 2.75. The number of benzene rings is 1. The van der Waals surface area contributed by atoms with E-state index in [-0.39, 0.29) is 5.75 Å². The summed E-state index contributed by atoms with van der Waals surface area (Å²) in [5.41, 5.74) is 1.80. The lowest BCUT2D eigenvalue weighted by Gasteiger charge is -2.09. The molecule has 0 amide bonds. The van der Waals surface area contributed by atoms with Gasteiger partial charge in [0.25, 0.3) is 0 Å². The van der Waals surface area contributed by atoms with Crippen LogP contribution in [0, 0.1) is 6.92 Å². The molecule has 5 nitrogen and oxygen atoms in total.